The highest BCUT2D eigenvalue weighted by molar-refractivity contribution is 6.31. The van der Waals surface area contributed by atoms with Crippen LogP contribution in [0.1, 0.15) is 44.6 Å². The summed E-state index contributed by atoms with van der Waals surface area (Å²) in [7, 11) is 0. The average Bonchev–Trinajstić information content (AvgIpc) is 2.46. The van der Waals surface area contributed by atoms with Gasteiger partial charge in [0, 0.05) is 17.0 Å². The van der Waals surface area contributed by atoms with Gasteiger partial charge in [-0.3, -0.25) is 4.79 Å². The first-order valence-corrected chi connectivity index (χ1v) is 7.71. The highest BCUT2D eigenvalue weighted by atomic mass is 35.5. The van der Waals surface area contributed by atoms with Crippen molar-refractivity contribution >= 4 is 29.9 Å². The summed E-state index contributed by atoms with van der Waals surface area (Å²) in [5.74, 6) is -0.0954. The second-order valence-electron chi connectivity index (χ2n) is 5.83. The molecule has 1 aliphatic carbocycles. The Balaban J connectivity index is 0.00000220. The zero-order valence-corrected chi connectivity index (χ0v) is 14.0. The summed E-state index contributed by atoms with van der Waals surface area (Å²) >= 11 is 6.39. The van der Waals surface area contributed by atoms with Gasteiger partial charge in [0.05, 0.1) is 6.04 Å². The Bertz CT molecular complexity index is 471. The number of benzene rings is 1. The third-order valence-electron chi connectivity index (χ3n) is 4.27. The minimum absolute atomic E-state index is 0. The zero-order valence-electron chi connectivity index (χ0n) is 12.4. The standard InChI is InChI=1S/C16H23ClN2O.ClH/c1-12(18)15(20)19-11-16(9-5-2-6-10-16)13-7-3-4-8-14(13)17;/h3-4,7-8,12H,2,5-6,9-11,18H2,1H3,(H,19,20);1H. The van der Waals surface area contributed by atoms with Gasteiger partial charge in [0.1, 0.15) is 0 Å². The van der Waals surface area contributed by atoms with Crippen molar-refractivity contribution in [2.24, 2.45) is 5.73 Å². The van der Waals surface area contributed by atoms with E-state index in [0.29, 0.717) is 6.54 Å². The van der Waals surface area contributed by atoms with E-state index in [2.05, 4.69) is 11.4 Å². The summed E-state index contributed by atoms with van der Waals surface area (Å²) in [6.45, 7) is 2.33. The molecule has 21 heavy (non-hydrogen) atoms. The van der Waals surface area contributed by atoms with E-state index >= 15 is 0 Å². The van der Waals surface area contributed by atoms with E-state index in [1.165, 1.54) is 19.3 Å². The predicted molar refractivity (Wildman–Crippen MR) is 90.1 cm³/mol. The lowest BCUT2D eigenvalue weighted by atomic mass is 9.69. The first-order valence-electron chi connectivity index (χ1n) is 7.33. The second kappa shape index (κ2) is 8.02. The number of rotatable bonds is 4. The maximum Gasteiger partial charge on any atom is 0.236 e. The Hall–Kier alpha value is -0.770. The van der Waals surface area contributed by atoms with Gasteiger partial charge in [-0.25, -0.2) is 0 Å². The van der Waals surface area contributed by atoms with Crippen molar-refractivity contribution in [1.82, 2.24) is 5.32 Å². The zero-order chi connectivity index (χ0) is 14.6. The highest BCUT2D eigenvalue weighted by Crippen LogP contribution is 2.41. The fourth-order valence-electron chi connectivity index (χ4n) is 3.08. The maximum absolute atomic E-state index is 11.8. The number of nitrogens with one attached hydrogen (secondary N) is 1. The van der Waals surface area contributed by atoms with Crippen molar-refractivity contribution < 1.29 is 4.79 Å². The molecular formula is C16H24Cl2N2O. The molecule has 1 aromatic rings. The molecule has 1 aromatic carbocycles. The first kappa shape index (κ1) is 18.3. The predicted octanol–water partition coefficient (Wildman–Crippen LogP) is 3.43. The summed E-state index contributed by atoms with van der Waals surface area (Å²) < 4.78 is 0. The average molecular weight is 331 g/mol. The molecule has 1 amide bonds. The molecule has 0 aliphatic heterocycles. The number of carbonyl (C=O) groups is 1. The number of carbonyl (C=O) groups excluding carboxylic acids is 1. The minimum atomic E-state index is -0.470. The van der Waals surface area contributed by atoms with Crippen LogP contribution in [-0.4, -0.2) is 18.5 Å². The van der Waals surface area contributed by atoms with E-state index in [0.717, 1.165) is 23.4 Å². The molecular weight excluding hydrogens is 307 g/mol. The van der Waals surface area contributed by atoms with Crippen LogP contribution in [0.3, 0.4) is 0 Å². The molecule has 5 heteroatoms. The minimum Gasteiger partial charge on any atom is -0.354 e. The first-order chi connectivity index (χ1) is 9.55. The molecule has 1 aliphatic rings. The molecule has 1 unspecified atom stereocenters. The number of nitrogens with two attached hydrogens (primary N) is 1. The Labute approximate surface area is 138 Å². The lowest BCUT2D eigenvalue weighted by Gasteiger charge is -2.38. The van der Waals surface area contributed by atoms with E-state index < -0.39 is 6.04 Å². The molecule has 1 saturated carbocycles. The van der Waals surface area contributed by atoms with Crippen LogP contribution in [0.25, 0.3) is 0 Å². The summed E-state index contributed by atoms with van der Waals surface area (Å²) in [5, 5.41) is 3.79. The van der Waals surface area contributed by atoms with Gasteiger partial charge in [0.25, 0.3) is 0 Å². The molecule has 0 saturated heterocycles. The Morgan fingerprint density at radius 1 is 1.33 bits per heavy atom. The smallest absolute Gasteiger partial charge is 0.236 e. The Morgan fingerprint density at radius 3 is 2.52 bits per heavy atom. The summed E-state index contributed by atoms with van der Waals surface area (Å²) in [4.78, 5) is 11.8. The van der Waals surface area contributed by atoms with Gasteiger partial charge in [-0.2, -0.15) is 0 Å². The van der Waals surface area contributed by atoms with Crippen molar-refractivity contribution in [2.45, 2.75) is 50.5 Å². The third kappa shape index (κ3) is 4.35. The lowest BCUT2D eigenvalue weighted by Crippen LogP contribution is -2.46. The molecule has 118 valence electrons. The van der Waals surface area contributed by atoms with Crippen LogP contribution < -0.4 is 11.1 Å². The van der Waals surface area contributed by atoms with Crippen molar-refractivity contribution in [3.05, 3.63) is 34.9 Å². The van der Waals surface area contributed by atoms with Crippen LogP contribution in [0.4, 0.5) is 0 Å². The number of hydrogen-bond acceptors (Lipinski definition) is 2. The molecule has 0 heterocycles. The summed E-state index contributed by atoms with van der Waals surface area (Å²) in [6, 6.07) is 7.52. The van der Waals surface area contributed by atoms with Gasteiger partial charge in [-0.1, -0.05) is 49.1 Å². The lowest BCUT2D eigenvalue weighted by molar-refractivity contribution is -0.122. The van der Waals surface area contributed by atoms with Crippen LogP contribution in [0.5, 0.6) is 0 Å². The molecule has 2 rings (SSSR count). The summed E-state index contributed by atoms with van der Waals surface area (Å²) in [5.41, 5.74) is 6.74. The fourth-order valence-corrected chi connectivity index (χ4v) is 3.41. The maximum atomic E-state index is 11.8. The van der Waals surface area contributed by atoms with E-state index in [-0.39, 0.29) is 23.7 Å². The number of halogens is 2. The fraction of sp³-hybridized carbons (Fsp3) is 0.562. The Kier molecular flexibility index (Phi) is 6.98. The van der Waals surface area contributed by atoms with E-state index in [1.807, 2.05) is 18.2 Å². The van der Waals surface area contributed by atoms with Gasteiger partial charge in [0.2, 0.25) is 5.91 Å². The topological polar surface area (TPSA) is 55.1 Å². The molecule has 0 bridgehead atoms. The molecule has 0 radical (unpaired) electrons. The van der Waals surface area contributed by atoms with Crippen LogP contribution in [0.2, 0.25) is 5.02 Å². The van der Waals surface area contributed by atoms with Gasteiger partial charge in [0.15, 0.2) is 0 Å². The highest BCUT2D eigenvalue weighted by Gasteiger charge is 2.35. The van der Waals surface area contributed by atoms with E-state index in [9.17, 15) is 4.79 Å². The number of hydrogen-bond donors (Lipinski definition) is 2. The van der Waals surface area contributed by atoms with E-state index in [4.69, 9.17) is 17.3 Å². The largest absolute Gasteiger partial charge is 0.354 e. The third-order valence-corrected chi connectivity index (χ3v) is 4.60. The van der Waals surface area contributed by atoms with Crippen LogP contribution in [0, 0.1) is 0 Å². The van der Waals surface area contributed by atoms with Crippen LogP contribution >= 0.6 is 24.0 Å². The van der Waals surface area contributed by atoms with Crippen LogP contribution in [-0.2, 0) is 10.2 Å². The van der Waals surface area contributed by atoms with Gasteiger partial charge >= 0.3 is 0 Å². The van der Waals surface area contributed by atoms with Gasteiger partial charge in [-0.05, 0) is 31.4 Å². The molecule has 1 atom stereocenters. The van der Waals surface area contributed by atoms with Crippen molar-refractivity contribution in [3.8, 4) is 0 Å². The second-order valence-corrected chi connectivity index (χ2v) is 6.23. The van der Waals surface area contributed by atoms with Crippen molar-refractivity contribution in [3.63, 3.8) is 0 Å². The molecule has 3 nitrogen and oxygen atoms in total. The normalized spacial score (nSPS) is 18.4. The molecule has 1 fully saturated rings. The Morgan fingerprint density at radius 2 is 1.95 bits per heavy atom. The SMILES string of the molecule is CC(N)C(=O)NCC1(c2ccccc2Cl)CCCCC1.Cl. The quantitative estimate of drug-likeness (QED) is 0.888. The van der Waals surface area contributed by atoms with Crippen molar-refractivity contribution in [1.29, 1.82) is 0 Å². The monoisotopic (exact) mass is 330 g/mol. The van der Waals surface area contributed by atoms with Gasteiger partial charge in [-0.15, -0.1) is 12.4 Å². The van der Waals surface area contributed by atoms with Gasteiger partial charge < -0.3 is 11.1 Å². The molecule has 0 aromatic heterocycles. The van der Waals surface area contributed by atoms with Crippen LogP contribution in [0.15, 0.2) is 24.3 Å². The number of amides is 1. The van der Waals surface area contributed by atoms with Crippen molar-refractivity contribution in [2.75, 3.05) is 6.54 Å². The van der Waals surface area contributed by atoms with E-state index in [1.54, 1.807) is 6.92 Å². The molecule has 0 spiro atoms. The summed E-state index contributed by atoms with van der Waals surface area (Å²) in [6.07, 6.45) is 5.75. The molecule has 3 N–H and O–H groups in total.